The number of hydrogen-bond acceptors (Lipinski definition) is 4. The summed E-state index contributed by atoms with van der Waals surface area (Å²) < 4.78 is 11.1. The predicted octanol–water partition coefficient (Wildman–Crippen LogP) is 5.20. The molecule has 0 bridgehead atoms. The van der Waals surface area contributed by atoms with Gasteiger partial charge >= 0.3 is 0 Å². The molecule has 2 aromatic heterocycles. The number of nitrogens with zero attached hydrogens (tertiary/aromatic N) is 2. The average molecular weight is 414 g/mol. The number of rotatable bonds is 1. The highest BCUT2D eigenvalue weighted by molar-refractivity contribution is 5.92. The number of para-hydroxylation sites is 1. The number of pyridine rings is 1. The Balaban J connectivity index is 0.000000132. The van der Waals surface area contributed by atoms with E-state index < -0.39 is 0 Å². The van der Waals surface area contributed by atoms with E-state index in [4.69, 9.17) is 9.47 Å². The summed E-state index contributed by atoms with van der Waals surface area (Å²) in [7, 11) is 2.17. The molecule has 0 spiro atoms. The van der Waals surface area contributed by atoms with Crippen molar-refractivity contribution in [2.24, 2.45) is 0 Å². The standard InChI is InChI=1S/C14H16N2.C12H11NO2/c1-16-8-6-11(7-9-16)13-10-15-14-5-3-2-4-12(13)14;1-8-2-3-9-10(13-8)4-5-11-12(9)15-7-6-14-11/h2-6,10,15H,7-9H2,1H3;2-5H,6-7H2,1H3. The Hall–Kier alpha value is -3.31. The van der Waals surface area contributed by atoms with Crippen LogP contribution in [0.5, 0.6) is 11.5 Å². The summed E-state index contributed by atoms with van der Waals surface area (Å²) in [6.07, 6.45) is 5.64. The van der Waals surface area contributed by atoms with Crippen LogP contribution in [0.1, 0.15) is 17.7 Å². The Morgan fingerprint density at radius 3 is 2.71 bits per heavy atom. The van der Waals surface area contributed by atoms with Crippen molar-refractivity contribution in [3.63, 3.8) is 0 Å². The van der Waals surface area contributed by atoms with Crippen LogP contribution in [0, 0.1) is 6.92 Å². The highest BCUT2D eigenvalue weighted by Crippen LogP contribution is 2.36. The molecule has 31 heavy (non-hydrogen) atoms. The summed E-state index contributed by atoms with van der Waals surface area (Å²) in [5, 5.41) is 2.37. The fraction of sp³-hybridized carbons (Fsp3) is 0.269. The molecule has 2 aliphatic heterocycles. The third-order valence-corrected chi connectivity index (χ3v) is 5.86. The van der Waals surface area contributed by atoms with Crippen LogP contribution >= 0.6 is 0 Å². The summed E-state index contributed by atoms with van der Waals surface area (Å²) in [6.45, 7) is 5.44. The fourth-order valence-corrected chi connectivity index (χ4v) is 4.17. The molecule has 0 saturated carbocycles. The van der Waals surface area contributed by atoms with Crippen LogP contribution in [0.2, 0.25) is 0 Å². The van der Waals surface area contributed by atoms with Crippen molar-refractivity contribution in [1.29, 1.82) is 0 Å². The summed E-state index contributed by atoms with van der Waals surface area (Å²) >= 11 is 0. The van der Waals surface area contributed by atoms with Crippen molar-refractivity contribution >= 4 is 27.4 Å². The number of aromatic nitrogens is 2. The molecule has 2 aromatic carbocycles. The Morgan fingerprint density at radius 1 is 0.968 bits per heavy atom. The first-order valence-electron chi connectivity index (χ1n) is 10.8. The average Bonchev–Trinajstić information content (AvgIpc) is 3.24. The van der Waals surface area contributed by atoms with Gasteiger partial charge in [-0.1, -0.05) is 24.3 Å². The zero-order valence-electron chi connectivity index (χ0n) is 18.0. The van der Waals surface area contributed by atoms with Gasteiger partial charge in [0.1, 0.15) is 13.2 Å². The second-order valence-electron chi connectivity index (χ2n) is 8.10. The second-order valence-corrected chi connectivity index (χ2v) is 8.10. The van der Waals surface area contributed by atoms with E-state index >= 15 is 0 Å². The summed E-state index contributed by atoms with van der Waals surface area (Å²) in [4.78, 5) is 10.1. The molecule has 4 heterocycles. The maximum atomic E-state index is 5.61. The molecule has 6 rings (SSSR count). The van der Waals surface area contributed by atoms with Gasteiger partial charge in [-0.05, 0) is 56.3 Å². The largest absolute Gasteiger partial charge is 0.486 e. The number of hydrogen-bond donors (Lipinski definition) is 1. The topological polar surface area (TPSA) is 50.4 Å². The molecule has 4 aromatic rings. The monoisotopic (exact) mass is 413 g/mol. The van der Waals surface area contributed by atoms with E-state index in [0.717, 1.165) is 47.6 Å². The van der Waals surface area contributed by atoms with E-state index in [2.05, 4.69) is 58.5 Å². The van der Waals surface area contributed by atoms with Crippen LogP contribution in [0.4, 0.5) is 0 Å². The van der Waals surface area contributed by atoms with Crippen LogP contribution < -0.4 is 9.47 Å². The first-order valence-corrected chi connectivity index (χ1v) is 10.8. The van der Waals surface area contributed by atoms with Crippen LogP contribution in [0.25, 0.3) is 27.4 Å². The first kappa shape index (κ1) is 19.6. The molecule has 2 aliphatic rings. The summed E-state index contributed by atoms with van der Waals surface area (Å²) in [5.41, 5.74) is 6.06. The van der Waals surface area contributed by atoms with Gasteiger partial charge in [0.05, 0.1) is 5.52 Å². The van der Waals surface area contributed by atoms with Crippen molar-refractivity contribution in [3.8, 4) is 11.5 Å². The zero-order chi connectivity index (χ0) is 21.2. The van der Waals surface area contributed by atoms with E-state index in [1.165, 1.54) is 22.0 Å². The van der Waals surface area contributed by atoms with E-state index in [-0.39, 0.29) is 0 Å². The maximum absolute atomic E-state index is 5.61. The van der Waals surface area contributed by atoms with Gasteiger partial charge in [0.25, 0.3) is 0 Å². The molecule has 1 N–H and O–H groups in total. The normalized spacial score (nSPS) is 16.0. The quantitative estimate of drug-likeness (QED) is 0.466. The third-order valence-electron chi connectivity index (χ3n) is 5.86. The highest BCUT2D eigenvalue weighted by Gasteiger charge is 2.15. The number of fused-ring (bicyclic) bond motifs is 4. The Morgan fingerprint density at radius 2 is 1.84 bits per heavy atom. The lowest BCUT2D eigenvalue weighted by Crippen LogP contribution is -2.23. The minimum atomic E-state index is 0.611. The molecule has 0 aliphatic carbocycles. The van der Waals surface area contributed by atoms with Crippen molar-refractivity contribution in [2.75, 3.05) is 33.4 Å². The third kappa shape index (κ3) is 4.01. The summed E-state index contributed by atoms with van der Waals surface area (Å²) in [6, 6.07) is 16.4. The number of benzene rings is 2. The van der Waals surface area contributed by atoms with Crippen LogP contribution in [-0.2, 0) is 0 Å². The highest BCUT2D eigenvalue weighted by atomic mass is 16.6. The molecule has 0 saturated heterocycles. The second kappa shape index (κ2) is 8.44. The maximum Gasteiger partial charge on any atom is 0.170 e. The first-order chi connectivity index (χ1) is 15.2. The molecular weight excluding hydrogens is 386 g/mol. The minimum Gasteiger partial charge on any atom is -0.486 e. The Labute approximate surface area is 182 Å². The molecule has 5 heteroatoms. The SMILES string of the molecule is CN1CC=C(c2c[nH]c3ccccc23)CC1.Cc1ccc2c3c(ccc2n1)OCCO3. The Bertz CT molecular complexity index is 1260. The molecule has 158 valence electrons. The molecule has 0 radical (unpaired) electrons. The van der Waals surface area contributed by atoms with Gasteiger partial charge in [-0.2, -0.15) is 0 Å². The van der Waals surface area contributed by atoms with Gasteiger partial charge in [0.15, 0.2) is 11.5 Å². The van der Waals surface area contributed by atoms with Crippen LogP contribution in [-0.4, -0.2) is 48.2 Å². The lowest BCUT2D eigenvalue weighted by atomic mass is 9.99. The van der Waals surface area contributed by atoms with Crippen molar-refractivity contribution in [1.82, 2.24) is 14.9 Å². The van der Waals surface area contributed by atoms with Gasteiger partial charge < -0.3 is 19.4 Å². The van der Waals surface area contributed by atoms with Gasteiger partial charge in [0, 0.05) is 46.8 Å². The molecule has 0 fully saturated rings. The van der Waals surface area contributed by atoms with Crippen LogP contribution in [0.15, 0.2) is 60.8 Å². The smallest absolute Gasteiger partial charge is 0.170 e. The molecule has 5 nitrogen and oxygen atoms in total. The molecular formula is C26H27N3O2. The molecule has 0 unspecified atom stereocenters. The number of nitrogens with one attached hydrogen (secondary N) is 1. The lowest BCUT2D eigenvalue weighted by molar-refractivity contribution is 0.174. The van der Waals surface area contributed by atoms with Crippen molar-refractivity contribution < 1.29 is 9.47 Å². The number of likely N-dealkylation sites (N-methyl/N-ethyl adjacent to an activating group) is 1. The van der Waals surface area contributed by atoms with Crippen LogP contribution in [0.3, 0.4) is 0 Å². The van der Waals surface area contributed by atoms with Crippen molar-refractivity contribution in [2.45, 2.75) is 13.3 Å². The van der Waals surface area contributed by atoms with Crippen molar-refractivity contribution in [3.05, 3.63) is 72.1 Å². The number of aryl methyl sites for hydroxylation is 1. The van der Waals surface area contributed by atoms with E-state index in [1.54, 1.807) is 0 Å². The van der Waals surface area contributed by atoms with E-state index in [1.807, 2.05) is 31.2 Å². The van der Waals surface area contributed by atoms with E-state index in [0.29, 0.717) is 13.2 Å². The minimum absolute atomic E-state index is 0.611. The predicted molar refractivity (Wildman–Crippen MR) is 126 cm³/mol. The Kier molecular flexibility index (Phi) is 5.35. The van der Waals surface area contributed by atoms with Gasteiger partial charge in [0.2, 0.25) is 0 Å². The van der Waals surface area contributed by atoms with Gasteiger partial charge in [-0.15, -0.1) is 0 Å². The number of ether oxygens (including phenoxy) is 2. The lowest BCUT2D eigenvalue weighted by Gasteiger charge is -2.21. The number of H-pyrrole nitrogens is 1. The molecule has 0 atom stereocenters. The zero-order valence-corrected chi connectivity index (χ0v) is 18.0. The van der Waals surface area contributed by atoms with Gasteiger partial charge in [-0.25, -0.2) is 0 Å². The summed E-state index contributed by atoms with van der Waals surface area (Å²) in [5.74, 6) is 1.64. The fourth-order valence-electron chi connectivity index (χ4n) is 4.17. The number of aromatic amines is 1. The molecule has 0 amide bonds. The van der Waals surface area contributed by atoms with E-state index in [9.17, 15) is 0 Å². The van der Waals surface area contributed by atoms with Gasteiger partial charge in [-0.3, -0.25) is 4.98 Å².